The zero-order valence-electron chi connectivity index (χ0n) is 16.9. The summed E-state index contributed by atoms with van der Waals surface area (Å²) in [6.07, 6.45) is 1.94. The summed E-state index contributed by atoms with van der Waals surface area (Å²) >= 11 is 1.56. The van der Waals surface area contributed by atoms with E-state index in [2.05, 4.69) is 5.32 Å². The van der Waals surface area contributed by atoms with Gasteiger partial charge in [-0.2, -0.15) is 0 Å². The van der Waals surface area contributed by atoms with Crippen molar-refractivity contribution in [1.29, 1.82) is 0 Å². The van der Waals surface area contributed by atoms with Crippen molar-refractivity contribution in [3.63, 3.8) is 0 Å². The van der Waals surface area contributed by atoms with Crippen molar-refractivity contribution >= 4 is 33.4 Å². The highest BCUT2D eigenvalue weighted by Gasteiger charge is 2.23. The van der Waals surface area contributed by atoms with Crippen LogP contribution in [0.3, 0.4) is 0 Å². The first-order chi connectivity index (χ1) is 14.5. The highest BCUT2D eigenvalue weighted by atomic mass is 32.2. The fraction of sp³-hybridized carbons (Fsp3) is 0.174. The van der Waals surface area contributed by atoms with Crippen LogP contribution in [0.1, 0.15) is 22.8 Å². The van der Waals surface area contributed by atoms with Gasteiger partial charge in [0, 0.05) is 23.5 Å². The van der Waals surface area contributed by atoms with Gasteiger partial charge in [0.2, 0.25) is 0 Å². The van der Waals surface area contributed by atoms with Crippen molar-refractivity contribution in [2.75, 3.05) is 17.1 Å². The van der Waals surface area contributed by atoms with Crippen LogP contribution in [0.4, 0.5) is 5.69 Å². The molecular formula is C23H24N2O3S2. The summed E-state index contributed by atoms with van der Waals surface area (Å²) in [4.78, 5) is 13.6. The number of nitrogens with zero attached hydrogens (tertiary/aromatic N) is 1. The second kappa shape index (κ2) is 9.82. The molecule has 5 nitrogen and oxygen atoms in total. The van der Waals surface area contributed by atoms with Crippen LogP contribution in [-0.4, -0.2) is 27.1 Å². The molecule has 0 aliphatic heterocycles. The number of thioether (sulfide) groups is 1. The Balaban J connectivity index is 1.74. The minimum atomic E-state index is -3.68. The first-order valence-corrected chi connectivity index (χ1v) is 12.2. The van der Waals surface area contributed by atoms with E-state index in [0.29, 0.717) is 17.8 Å². The lowest BCUT2D eigenvalue weighted by molar-refractivity contribution is 0.0951. The van der Waals surface area contributed by atoms with Crippen LogP contribution in [-0.2, 0) is 16.6 Å². The van der Waals surface area contributed by atoms with Gasteiger partial charge in [0.1, 0.15) is 0 Å². The Bertz CT molecular complexity index is 1080. The maximum atomic E-state index is 13.1. The predicted molar refractivity (Wildman–Crippen MR) is 122 cm³/mol. The van der Waals surface area contributed by atoms with E-state index in [0.717, 1.165) is 10.5 Å². The number of carbonyl (C=O) groups excluding carboxylic acids is 1. The predicted octanol–water partition coefficient (Wildman–Crippen LogP) is 4.55. The molecule has 0 spiro atoms. The van der Waals surface area contributed by atoms with E-state index >= 15 is 0 Å². The fourth-order valence-electron chi connectivity index (χ4n) is 3.03. The average Bonchev–Trinajstić information content (AvgIpc) is 2.79. The van der Waals surface area contributed by atoms with Crippen molar-refractivity contribution in [3.8, 4) is 0 Å². The van der Waals surface area contributed by atoms with Crippen molar-refractivity contribution in [2.45, 2.75) is 23.3 Å². The number of nitrogens with one attached hydrogen (secondary N) is 1. The number of sulfonamides is 1. The summed E-state index contributed by atoms with van der Waals surface area (Å²) in [5, 5.41) is 2.87. The SMILES string of the molecule is CCN(c1ccc(C(=O)NCc2ccccc2)cc1)S(=O)(=O)c1ccc(SC)cc1. The Morgan fingerprint density at radius 2 is 1.57 bits per heavy atom. The van der Waals surface area contributed by atoms with Crippen LogP contribution in [0.5, 0.6) is 0 Å². The summed E-state index contributed by atoms with van der Waals surface area (Å²) in [6, 6.07) is 23.1. The van der Waals surface area contributed by atoms with Crippen molar-refractivity contribution < 1.29 is 13.2 Å². The number of amides is 1. The van der Waals surface area contributed by atoms with E-state index in [1.165, 1.54) is 4.31 Å². The summed E-state index contributed by atoms with van der Waals surface area (Å²) in [7, 11) is -3.68. The van der Waals surface area contributed by atoms with E-state index in [1.807, 2.05) is 36.6 Å². The second-order valence-electron chi connectivity index (χ2n) is 6.56. The van der Waals surface area contributed by atoms with Crippen LogP contribution in [0.2, 0.25) is 0 Å². The van der Waals surface area contributed by atoms with Gasteiger partial charge in [0.15, 0.2) is 0 Å². The van der Waals surface area contributed by atoms with Crippen molar-refractivity contribution in [1.82, 2.24) is 5.32 Å². The molecule has 0 atom stereocenters. The molecule has 1 N–H and O–H groups in total. The largest absolute Gasteiger partial charge is 0.348 e. The van der Waals surface area contributed by atoms with Crippen LogP contribution in [0.25, 0.3) is 0 Å². The Kier molecular flexibility index (Phi) is 7.18. The third-order valence-corrected chi connectivity index (χ3v) is 7.31. The Morgan fingerprint density at radius 3 is 2.13 bits per heavy atom. The third-order valence-electron chi connectivity index (χ3n) is 4.65. The summed E-state index contributed by atoms with van der Waals surface area (Å²) in [6.45, 7) is 2.50. The molecule has 30 heavy (non-hydrogen) atoms. The zero-order chi connectivity index (χ0) is 21.6. The maximum absolute atomic E-state index is 13.1. The van der Waals surface area contributed by atoms with Gasteiger partial charge >= 0.3 is 0 Å². The molecule has 0 aliphatic carbocycles. The molecule has 0 saturated heterocycles. The highest BCUT2D eigenvalue weighted by molar-refractivity contribution is 7.98. The highest BCUT2D eigenvalue weighted by Crippen LogP contribution is 2.25. The Hall–Kier alpha value is -2.77. The molecule has 156 valence electrons. The molecule has 0 fully saturated rings. The lowest BCUT2D eigenvalue weighted by Gasteiger charge is -2.23. The van der Waals surface area contributed by atoms with E-state index < -0.39 is 10.0 Å². The molecule has 0 aromatic heterocycles. The Morgan fingerprint density at radius 1 is 0.933 bits per heavy atom. The van der Waals surface area contributed by atoms with E-state index in [-0.39, 0.29) is 17.3 Å². The molecule has 0 radical (unpaired) electrons. The van der Waals surface area contributed by atoms with Crippen LogP contribution < -0.4 is 9.62 Å². The van der Waals surface area contributed by atoms with E-state index in [4.69, 9.17) is 0 Å². The maximum Gasteiger partial charge on any atom is 0.264 e. The summed E-state index contributed by atoms with van der Waals surface area (Å²) in [5.74, 6) is -0.205. The topological polar surface area (TPSA) is 66.5 Å². The molecule has 0 unspecified atom stereocenters. The average molecular weight is 441 g/mol. The number of carbonyl (C=O) groups is 1. The molecule has 3 aromatic rings. The molecule has 0 bridgehead atoms. The van der Waals surface area contributed by atoms with Gasteiger partial charge in [-0.05, 0) is 67.3 Å². The van der Waals surface area contributed by atoms with Gasteiger partial charge in [0.25, 0.3) is 15.9 Å². The number of benzene rings is 3. The quantitative estimate of drug-likeness (QED) is 0.522. The number of rotatable bonds is 8. The van der Waals surface area contributed by atoms with Gasteiger partial charge in [0.05, 0.1) is 10.6 Å². The zero-order valence-corrected chi connectivity index (χ0v) is 18.5. The minimum Gasteiger partial charge on any atom is -0.348 e. The monoisotopic (exact) mass is 440 g/mol. The molecule has 0 heterocycles. The van der Waals surface area contributed by atoms with Crippen molar-refractivity contribution in [3.05, 3.63) is 90.0 Å². The number of hydrogen-bond donors (Lipinski definition) is 1. The minimum absolute atomic E-state index is 0.205. The molecule has 7 heteroatoms. The lowest BCUT2D eigenvalue weighted by Crippen LogP contribution is -2.31. The van der Waals surface area contributed by atoms with Crippen LogP contribution in [0, 0.1) is 0 Å². The summed E-state index contributed by atoms with van der Waals surface area (Å²) < 4.78 is 27.5. The molecule has 0 aliphatic rings. The fourth-order valence-corrected chi connectivity index (χ4v) is 4.91. The Labute approximate surface area is 182 Å². The molecular weight excluding hydrogens is 416 g/mol. The standard InChI is InChI=1S/C23H24N2O3S2/c1-3-25(30(27,28)22-15-13-21(29-2)14-16-22)20-11-9-19(10-12-20)23(26)24-17-18-7-5-4-6-8-18/h4-16H,3,17H2,1-2H3,(H,24,26). The van der Waals surface area contributed by atoms with Gasteiger partial charge in [-0.3, -0.25) is 9.10 Å². The normalized spacial score (nSPS) is 11.1. The van der Waals surface area contributed by atoms with E-state index in [9.17, 15) is 13.2 Å². The van der Waals surface area contributed by atoms with E-state index in [1.54, 1.807) is 67.2 Å². The first-order valence-electron chi connectivity index (χ1n) is 9.54. The molecule has 1 amide bonds. The molecule has 3 rings (SSSR count). The molecule has 3 aromatic carbocycles. The number of anilines is 1. The second-order valence-corrected chi connectivity index (χ2v) is 9.30. The number of hydrogen-bond acceptors (Lipinski definition) is 4. The van der Waals surface area contributed by atoms with Crippen molar-refractivity contribution in [2.24, 2.45) is 0 Å². The smallest absolute Gasteiger partial charge is 0.264 e. The summed E-state index contributed by atoms with van der Waals surface area (Å²) in [5.41, 5.74) is 2.01. The van der Waals surface area contributed by atoms with Crippen LogP contribution >= 0.6 is 11.8 Å². The third kappa shape index (κ3) is 5.04. The van der Waals surface area contributed by atoms with Gasteiger partial charge in [-0.1, -0.05) is 30.3 Å². The lowest BCUT2D eigenvalue weighted by atomic mass is 10.1. The molecule has 0 saturated carbocycles. The van der Waals surface area contributed by atoms with Gasteiger partial charge in [-0.15, -0.1) is 11.8 Å². The van der Waals surface area contributed by atoms with Gasteiger partial charge in [-0.25, -0.2) is 8.42 Å². The van der Waals surface area contributed by atoms with Gasteiger partial charge < -0.3 is 5.32 Å². The van der Waals surface area contributed by atoms with Crippen LogP contribution in [0.15, 0.2) is 88.7 Å². The first kappa shape index (κ1) is 21.9.